The molecule has 0 unspecified atom stereocenters. The minimum atomic E-state index is 0.632. The molecule has 0 saturated heterocycles. The Morgan fingerprint density at radius 1 is 1.45 bits per heavy atom. The van der Waals surface area contributed by atoms with Crippen LogP contribution in [0, 0.1) is 6.92 Å². The maximum atomic E-state index is 6.26. The van der Waals surface area contributed by atoms with Gasteiger partial charge in [-0.25, -0.2) is 0 Å². The van der Waals surface area contributed by atoms with Gasteiger partial charge in [0.1, 0.15) is 5.15 Å². The number of hydrogen-bond acceptors (Lipinski definition) is 4. The van der Waals surface area contributed by atoms with Crippen LogP contribution < -0.4 is 5.32 Å². The van der Waals surface area contributed by atoms with E-state index in [9.17, 15) is 0 Å². The van der Waals surface area contributed by atoms with Crippen molar-refractivity contribution >= 4 is 11.6 Å². The summed E-state index contributed by atoms with van der Waals surface area (Å²) in [6, 6.07) is 2.00. The quantitative estimate of drug-likeness (QED) is 0.784. The maximum Gasteiger partial charge on any atom is 0.132 e. The standard InChI is InChI=1S/C13H20ClN5O/c1-10-12(13(14)18(2)17-10)9-19-11(4-5-16-19)8-15-6-7-20-3/h4-5,15H,6-9H2,1-3H3. The van der Waals surface area contributed by atoms with Gasteiger partial charge in [0.15, 0.2) is 0 Å². The third kappa shape index (κ3) is 3.39. The first-order chi connectivity index (χ1) is 9.63. The number of aromatic nitrogens is 4. The van der Waals surface area contributed by atoms with E-state index in [1.54, 1.807) is 18.0 Å². The number of aryl methyl sites for hydroxylation is 2. The molecule has 1 N–H and O–H groups in total. The van der Waals surface area contributed by atoms with E-state index in [2.05, 4.69) is 15.5 Å². The molecule has 0 fully saturated rings. The van der Waals surface area contributed by atoms with Gasteiger partial charge in [0.05, 0.1) is 24.5 Å². The zero-order valence-electron chi connectivity index (χ0n) is 12.1. The molecule has 7 heteroatoms. The van der Waals surface area contributed by atoms with Crippen molar-refractivity contribution in [2.75, 3.05) is 20.3 Å². The van der Waals surface area contributed by atoms with Gasteiger partial charge in [-0.1, -0.05) is 11.6 Å². The molecule has 6 nitrogen and oxygen atoms in total. The summed E-state index contributed by atoms with van der Waals surface area (Å²) in [7, 11) is 3.54. The highest BCUT2D eigenvalue weighted by Crippen LogP contribution is 2.20. The highest BCUT2D eigenvalue weighted by Gasteiger charge is 2.13. The number of nitrogens with zero attached hydrogens (tertiary/aromatic N) is 4. The molecule has 0 aliphatic heterocycles. The van der Waals surface area contributed by atoms with Crippen LogP contribution in [0.4, 0.5) is 0 Å². The summed E-state index contributed by atoms with van der Waals surface area (Å²) in [6.45, 7) is 4.85. The number of ether oxygens (including phenoxy) is 1. The molecular weight excluding hydrogens is 278 g/mol. The van der Waals surface area contributed by atoms with Crippen LogP contribution >= 0.6 is 11.6 Å². The molecule has 0 amide bonds. The van der Waals surface area contributed by atoms with E-state index in [1.807, 2.05) is 24.7 Å². The van der Waals surface area contributed by atoms with Crippen molar-refractivity contribution in [2.24, 2.45) is 7.05 Å². The Morgan fingerprint density at radius 3 is 2.90 bits per heavy atom. The van der Waals surface area contributed by atoms with E-state index in [0.717, 1.165) is 30.0 Å². The first-order valence-electron chi connectivity index (χ1n) is 6.51. The van der Waals surface area contributed by atoms with Gasteiger partial charge in [-0.2, -0.15) is 10.2 Å². The topological polar surface area (TPSA) is 56.9 Å². The molecule has 0 spiro atoms. The molecule has 0 aliphatic carbocycles. The zero-order valence-corrected chi connectivity index (χ0v) is 12.8. The van der Waals surface area contributed by atoms with Gasteiger partial charge in [-0.05, 0) is 13.0 Å². The molecule has 0 saturated carbocycles. The first kappa shape index (κ1) is 15.0. The normalized spacial score (nSPS) is 11.2. The predicted octanol–water partition coefficient (Wildman–Crippen LogP) is 1.36. The van der Waals surface area contributed by atoms with Crippen LogP contribution in [-0.4, -0.2) is 39.8 Å². The number of nitrogens with one attached hydrogen (secondary N) is 1. The zero-order chi connectivity index (χ0) is 14.5. The van der Waals surface area contributed by atoms with E-state index in [1.165, 1.54) is 0 Å². The average molecular weight is 298 g/mol. The Balaban J connectivity index is 2.05. The lowest BCUT2D eigenvalue weighted by molar-refractivity contribution is 0.199. The molecular formula is C13H20ClN5O. The monoisotopic (exact) mass is 297 g/mol. The molecule has 0 radical (unpaired) electrons. The second-order valence-corrected chi connectivity index (χ2v) is 4.99. The number of rotatable bonds is 7. The Bertz CT molecular complexity index is 563. The molecule has 0 aliphatic rings. The van der Waals surface area contributed by atoms with E-state index >= 15 is 0 Å². The van der Waals surface area contributed by atoms with Crippen molar-refractivity contribution in [1.82, 2.24) is 24.9 Å². The Hall–Kier alpha value is -1.37. The van der Waals surface area contributed by atoms with Crippen LogP contribution in [0.5, 0.6) is 0 Å². The summed E-state index contributed by atoms with van der Waals surface area (Å²) in [4.78, 5) is 0. The van der Waals surface area contributed by atoms with E-state index in [4.69, 9.17) is 16.3 Å². The Kier molecular flexibility index (Phi) is 5.17. The van der Waals surface area contributed by atoms with Crippen LogP contribution in [0.2, 0.25) is 5.15 Å². The van der Waals surface area contributed by atoms with Crippen molar-refractivity contribution in [2.45, 2.75) is 20.0 Å². The van der Waals surface area contributed by atoms with Crippen LogP contribution in [0.25, 0.3) is 0 Å². The Labute approximate surface area is 123 Å². The van der Waals surface area contributed by atoms with Crippen LogP contribution in [0.3, 0.4) is 0 Å². The molecule has 2 rings (SSSR count). The van der Waals surface area contributed by atoms with E-state index in [-0.39, 0.29) is 0 Å². The van der Waals surface area contributed by atoms with Gasteiger partial charge in [0.2, 0.25) is 0 Å². The van der Waals surface area contributed by atoms with Crippen LogP contribution in [0.15, 0.2) is 12.3 Å². The molecule has 0 aromatic carbocycles. The molecule has 2 aromatic heterocycles. The fourth-order valence-electron chi connectivity index (χ4n) is 2.05. The highest BCUT2D eigenvalue weighted by atomic mass is 35.5. The number of halogens is 1. The fourth-order valence-corrected chi connectivity index (χ4v) is 2.28. The van der Waals surface area contributed by atoms with Gasteiger partial charge in [0, 0.05) is 39.0 Å². The first-order valence-corrected chi connectivity index (χ1v) is 6.89. The summed E-state index contributed by atoms with van der Waals surface area (Å²) >= 11 is 6.26. The van der Waals surface area contributed by atoms with Crippen LogP contribution in [-0.2, 0) is 24.9 Å². The summed E-state index contributed by atoms with van der Waals surface area (Å²) < 4.78 is 8.63. The van der Waals surface area contributed by atoms with E-state index < -0.39 is 0 Å². The van der Waals surface area contributed by atoms with Crippen molar-refractivity contribution in [3.05, 3.63) is 34.4 Å². The lowest BCUT2D eigenvalue weighted by Gasteiger charge is -2.08. The number of methoxy groups -OCH3 is 1. The second kappa shape index (κ2) is 6.88. The van der Waals surface area contributed by atoms with Crippen LogP contribution in [0.1, 0.15) is 17.0 Å². The van der Waals surface area contributed by atoms with Crippen molar-refractivity contribution in [3.8, 4) is 0 Å². The summed E-state index contributed by atoms with van der Waals surface area (Å²) in [5.41, 5.74) is 3.06. The molecule has 110 valence electrons. The maximum absolute atomic E-state index is 6.26. The summed E-state index contributed by atoms with van der Waals surface area (Å²) in [5, 5.41) is 12.6. The Morgan fingerprint density at radius 2 is 2.25 bits per heavy atom. The minimum absolute atomic E-state index is 0.632. The SMILES string of the molecule is COCCNCc1ccnn1Cc1c(C)nn(C)c1Cl. The molecule has 2 aromatic rings. The number of hydrogen-bond donors (Lipinski definition) is 1. The summed E-state index contributed by atoms with van der Waals surface area (Å²) in [5.74, 6) is 0. The predicted molar refractivity (Wildman–Crippen MR) is 77.9 cm³/mol. The summed E-state index contributed by atoms with van der Waals surface area (Å²) in [6.07, 6.45) is 1.80. The lowest BCUT2D eigenvalue weighted by atomic mass is 10.2. The van der Waals surface area contributed by atoms with Crippen molar-refractivity contribution in [3.63, 3.8) is 0 Å². The molecule has 2 heterocycles. The smallest absolute Gasteiger partial charge is 0.132 e. The van der Waals surface area contributed by atoms with E-state index in [0.29, 0.717) is 18.3 Å². The largest absolute Gasteiger partial charge is 0.383 e. The van der Waals surface area contributed by atoms with Gasteiger partial charge in [-0.15, -0.1) is 0 Å². The fraction of sp³-hybridized carbons (Fsp3) is 0.538. The average Bonchev–Trinajstić information content (AvgIpc) is 2.95. The third-order valence-electron chi connectivity index (χ3n) is 3.17. The molecule has 0 atom stereocenters. The van der Waals surface area contributed by atoms with Crippen molar-refractivity contribution < 1.29 is 4.74 Å². The van der Waals surface area contributed by atoms with Gasteiger partial charge in [0.25, 0.3) is 0 Å². The second-order valence-electron chi connectivity index (χ2n) is 4.63. The van der Waals surface area contributed by atoms with Gasteiger partial charge >= 0.3 is 0 Å². The van der Waals surface area contributed by atoms with Crippen molar-refractivity contribution in [1.29, 1.82) is 0 Å². The molecule has 0 bridgehead atoms. The third-order valence-corrected chi connectivity index (χ3v) is 3.64. The molecule has 20 heavy (non-hydrogen) atoms. The minimum Gasteiger partial charge on any atom is -0.383 e. The highest BCUT2D eigenvalue weighted by molar-refractivity contribution is 6.30. The lowest BCUT2D eigenvalue weighted by Crippen LogP contribution is -2.21. The van der Waals surface area contributed by atoms with Gasteiger partial charge in [-0.3, -0.25) is 9.36 Å². The van der Waals surface area contributed by atoms with Gasteiger partial charge < -0.3 is 10.1 Å².